The number of aromatic nitrogens is 2. The average Bonchev–Trinajstić information content (AvgIpc) is 3.44. The number of nitrogens with zero attached hydrogens (tertiary/aromatic N) is 4. The molecule has 1 unspecified atom stereocenters. The third-order valence-corrected chi connectivity index (χ3v) is 5.54. The number of halogens is 1. The Kier molecular flexibility index (Phi) is 11.1. The first-order valence-corrected chi connectivity index (χ1v) is 11.1. The zero-order valence-electron chi connectivity index (χ0n) is 19.0. The van der Waals surface area contributed by atoms with E-state index in [0.717, 1.165) is 57.3 Å². The van der Waals surface area contributed by atoms with Crippen molar-refractivity contribution >= 4 is 29.9 Å². The van der Waals surface area contributed by atoms with Crippen LogP contribution in [0.25, 0.3) is 0 Å². The molecule has 2 aromatic rings. The molecule has 0 bridgehead atoms. The van der Waals surface area contributed by atoms with E-state index in [0.29, 0.717) is 6.04 Å². The van der Waals surface area contributed by atoms with Crippen molar-refractivity contribution in [3.63, 3.8) is 0 Å². The molecule has 1 aliphatic rings. The summed E-state index contributed by atoms with van der Waals surface area (Å²) in [4.78, 5) is 7.48. The van der Waals surface area contributed by atoms with Crippen LogP contribution in [0.5, 0.6) is 5.75 Å². The molecule has 0 aliphatic carbocycles. The van der Waals surface area contributed by atoms with Crippen LogP contribution in [0.15, 0.2) is 41.7 Å². The van der Waals surface area contributed by atoms with Gasteiger partial charge in [-0.1, -0.05) is 12.1 Å². The fourth-order valence-electron chi connectivity index (χ4n) is 3.93. The third-order valence-electron chi connectivity index (χ3n) is 5.54. The van der Waals surface area contributed by atoms with Crippen LogP contribution in [0, 0.1) is 0 Å². The van der Waals surface area contributed by atoms with Gasteiger partial charge in [-0.25, -0.2) is 0 Å². The van der Waals surface area contributed by atoms with E-state index in [4.69, 9.17) is 9.73 Å². The van der Waals surface area contributed by atoms with Crippen molar-refractivity contribution in [3.8, 4) is 5.75 Å². The van der Waals surface area contributed by atoms with Crippen molar-refractivity contribution in [1.29, 1.82) is 0 Å². The SMILES string of the molecule is CCNC(=NCC(c1ccc(OC)cc1)N1CCCC1)NCCCc1cnn(C)c1.I. The van der Waals surface area contributed by atoms with Crippen LogP contribution in [0.4, 0.5) is 0 Å². The van der Waals surface area contributed by atoms with Gasteiger partial charge in [-0.05, 0) is 69.0 Å². The van der Waals surface area contributed by atoms with Gasteiger partial charge >= 0.3 is 0 Å². The second kappa shape index (κ2) is 13.6. The van der Waals surface area contributed by atoms with Gasteiger partial charge in [-0.3, -0.25) is 14.6 Å². The summed E-state index contributed by atoms with van der Waals surface area (Å²) in [7, 11) is 3.66. The molecule has 1 atom stereocenters. The number of nitrogens with one attached hydrogen (secondary N) is 2. The summed E-state index contributed by atoms with van der Waals surface area (Å²) in [6.07, 6.45) is 8.61. The molecule has 0 spiro atoms. The van der Waals surface area contributed by atoms with Crippen LogP contribution in [0.2, 0.25) is 0 Å². The van der Waals surface area contributed by atoms with Crippen LogP contribution in [-0.4, -0.2) is 60.5 Å². The minimum absolute atomic E-state index is 0. The van der Waals surface area contributed by atoms with E-state index >= 15 is 0 Å². The molecule has 0 saturated carbocycles. The number of guanidine groups is 1. The number of hydrogen-bond donors (Lipinski definition) is 2. The topological polar surface area (TPSA) is 66.7 Å². The average molecular weight is 540 g/mol. The standard InChI is InChI=1S/C23H36N6O.HI/c1-4-24-23(25-13-7-8-19-16-27-28(2)18-19)26-17-22(29-14-5-6-15-29)20-9-11-21(30-3)12-10-20;/h9-12,16,18,22H,4-8,13-15,17H2,1-3H3,(H2,24,25,26);1H. The second-order valence-electron chi connectivity index (χ2n) is 7.80. The minimum Gasteiger partial charge on any atom is -0.497 e. The Morgan fingerprint density at radius 3 is 2.55 bits per heavy atom. The first kappa shape index (κ1) is 25.5. The van der Waals surface area contributed by atoms with Gasteiger partial charge in [-0.2, -0.15) is 5.10 Å². The smallest absolute Gasteiger partial charge is 0.191 e. The van der Waals surface area contributed by atoms with E-state index in [2.05, 4.69) is 45.9 Å². The van der Waals surface area contributed by atoms with Crippen molar-refractivity contribution in [3.05, 3.63) is 47.8 Å². The molecule has 1 aliphatic heterocycles. The molecule has 31 heavy (non-hydrogen) atoms. The number of aryl methyl sites for hydroxylation is 2. The summed E-state index contributed by atoms with van der Waals surface area (Å²) >= 11 is 0. The quantitative estimate of drug-likeness (QED) is 0.210. The van der Waals surface area contributed by atoms with Gasteiger partial charge in [-0.15, -0.1) is 24.0 Å². The second-order valence-corrected chi connectivity index (χ2v) is 7.80. The van der Waals surface area contributed by atoms with Crippen LogP contribution >= 0.6 is 24.0 Å². The molecule has 1 aromatic heterocycles. The number of methoxy groups -OCH3 is 1. The van der Waals surface area contributed by atoms with Gasteiger partial charge < -0.3 is 15.4 Å². The Balaban J connectivity index is 0.00000341. The fourth-order valence-corrected chi connectivity index (χ4v) is 3.93. The number of benzene rings is 1. The molecule has 8 heteroatoms. The van der Waals surface area contributed by atoms with Gasteiger partial charge in [0, 0.05) is 26.3 Å². The molecule has 7 nitrogen and oxygen atoms in total. The zero-order valence-corrected chi connectivity index (χ0v) is 21.3. The van der Waals surface area contributed by atoms with Gasteiger partial charge in [0.05, 0.1) is 25.9 Å². The molecule has 0 radical (unpaired) electrons. The summed E-state index contributed by atoms with van der Waals surface area (Å²) < 4.78 is 7.18. The van der Waals surface area contributed by atoms with E-state index in [1.807, 2.05) is 30.1 Å². The number of ether oxygens (including phenoxy) is 1. The van der Waals surface area contributed by atoms with Gasteiger partial charge in [0.2, 0.25) is 0 Å². The van der Waals surface area contributed by atoms with Crippen molar-refractivity contribution in [2.75, 3.05) is 39.8 Å². The maximum atomic E-state index is 5.33. The summed E-state index contributed by atoms with van der Waals surface area (Å²) in [5.74, 6) is 1.78. The first-order chi connectivity index (χ1) is 14.7. The van der Waals surface area contributed by atoms with Crippen molar-refractivity contribution in [2.45, 2.75) is 38.6 Å². The Morgan fingerprint density at radius 1 is 1.19 bits per heavy atom. The summed E-state index contributed by atoms with van der Waals surface area (Å²) in [6, 6.07) is 8.73. The minimum atomic E-state index is 0. The lowest BCUT2D eigenvalue weighted by Gasteiger charge is -2.27. The Bertz CT molecular complexity index is 786. The molecule has 3 rings (SSSR count). The summed E-state index contributed by atoms with van der Waals surface area (Å²) in [5.41, 5.74) is 2.57. The highest BCUT2D eigenvalue weighted by Crippen LogP contribution is 2.27. The Morgan fingerprint density at radius 2 is 1.94 bits per heavy atom. The fraction of sp³-hybridized carbons (Fsp3) is 0.565. The molecule has 2 N–H and O–H groups in total. The molecule has 1 saturated heterocycles. The highest BCUT2D eigenvalue weighted by atomic mass is 127. The van der Waals surface area contributed by atoms with Gasteiger partial charge in [0.25, 0.3) is 0 Å². The van der Waals surface area contributed by atoms with Crippen molar-refractivity contribution in [1.82, 2.24) is 25.3 Å². The molecular formula is C23H37IN6O. The molecule has 1 aromatic carbocycles. The normalized spacial score (nSPS) is 15.4. The van der Waals surface area contributed by atoms with Crippen LogP contribution in [0.1, 0.15) is 43.4 Å². The maximum Gasteiger partial charge on any atom is 0.191 e. The lowest BCUT2D eigenvalue weighted by atomic mass is 10.1. The number of rotatable bonds is 10. The predicted octanol–water partition coefficient (Wildman–Crippen LogP) is 3.37. The van der Waals surface area contributed by atoms with E-state index < -0.39 is 0 Å². The highest BCUT2D eigenvalue weighted by molar-refractivity contribution is 14.0. The molecule has 172 valence electrons. The number of aliphatic imine (C=N–C) groups is 1. The molecule has 2 heterocycles. The van der Waals surface area contributed by atoms with Gasteiger partial charge in [0.1, 0.15) is 5.75 Å². The lowest BCUT2D eigenvalue weighted by Crippen LogP contribution is -2.39. The lowest BCUT2D eigenvalue weighted by molar-refractivity contribution is 0.251. The Labute approximate surface area is 203 Å². The Hall–Kier alpha value is -1.81. The van der Waals surface area contributed by atoms with Crippen LogP contribution in [0.3, 0.4) is 0 Å². The number of likely N-dealkylation sites (tertiary alicyclic amines) is 1. The molecular weight excluding hydrogens is 503 g/mol. The van der Waals surface area contributed by atoms with Gasteiger partial charge in [0.15, 0.2) is 5.96 Å². The maximum absolute atomic E-state index is 5.33. The first-order valence-electron chi connectivity index (χ1n) is 11.1. The third kappa shape index (κ3) is 7.99. The number of hydrogen-bond acceptors (Lipinski definition) is 4. The summed E-state index contributed by atoms with van der Waals surface area (Å²) in [6.45, 7) is 6.87. The van der Waals surface area contributed by atoms with Crippen molar-refractivity contribution < 1.29 is 4.74 Å². The largest absolute Gasteiger partial charge is 0.497 e. The summed E-state index contributed by atoms with van der Waals surface area (Å²) in [5, 5.41) is 11.1. The van der Waals surface area contributed by atoms with Crippen LogP contribution in [-0.2, 0) is 13.5 Å². The van der Waals surface area contributed by atoms with E-state index in [-0.39, 0.29) is 24.0 Å². The predicted molar refractivity (Wildman–Crippen MR) is 137 cm³/mol. The van der Waals surface area contributed by atoms with E-state index in [1.165, 1.54) is 24.0 Å². The molecule has 0 amide bonds. The highest BCUT2D eigenvalue weighted by Gasteiger charge is 2.23. The van der Waals surface area contributed by atoms with Crippen molar-refractivity contribution in [2.24, 2.45) is 12.0 Å². The molecule has 1 fully saturated rings. The van der Waals surface area contributed by atoms with E-state index in [1.54, 1.807) is 7.11 Å². The van der Waals surface area contributed by atoms with E-state index in [9.17, 15) is 0 Å². The zero-order chi connectivity index (χ0) is 21.2. The van der Waals surface area contributed by atoms with Crippen LogP contribution < -0.4 is 15.4 Å². The monoisotopic (exact) mass is 540 g/mol.